The summed E-state index contributed by atoms with van der Waals surface area (Å²) in [7, 11) is 1.65. The first kappa shape index (κ1) is 20.8. The van der Waals surface area contributed by atoms with Crippen LogP contribution in [-0.4, -0.2) is 21.2 Å². The summed E-state index contributed by atoms with van der Waals surface area (Å²) in [4.78, 5) is 32.8. The first-order chi connectivity index (χ1) is 15.5. The molecule has 0 amide bonds. The van der Waals surface area contributed by atoms with Crippen LogP contribution in [0.1, 0.15) is 36.9 Å². The van der Waals surface area contributed by atoms with Gasteiger partial charge in [0, 0.05) is 12.6 Å². The van der Waals surface area contributed by atoms with Crippen LogP contribution in [0.2, 0.25) is 0 Å². The zero-order valence-corrected chi connectivity index (χ0v) is 19.1. The van der Waals surface area contributed by atoms with Crippen molar-refractivity contribution >= 4 is 21.6 Å². The van der Waals surface area contributed by atoms with Crippen LogP contribution in [0.25, 0.3) is 21.0 Å². The number of oxazole rings is 1. The molecule has 1 saturated carbocycles. The number of hydrogen-bond acceptors (Lipinski definition) is 6. The Bertz CT molecular complexity index is 1390. The number of benzene rings is 1. The molecule has 8 heteroatoms. The molecule has 32 heavy (non-hydrogen) atoms. The number of hydrogen-bond donors (Lipinski definition) is 0. The van der Waals surface area contributed by atoms with E-state index < -0.39 is 0 Å². The van der Waals surface area contributed by atoms with Crippen LogP contribution in [0.15, 0.2) is 50.7 Å². The largest absolute Gasteiger partial charge is 0.496 e. The van der Waals surface area contributed by atoms with Crippen molar-refractivity contribution in [2.75, 3.05) is 7.11 Å². The van der Waals surface area contributed by atoms with E-state index in [1.165, 1.54) is 22.2 Å². The van der Waals surface area contributed by atoms with E-state index in [0.717, 1.165) is 34.6 Å². The molecule has 3 aromatic heterocycles. The Hall–Kier alpha value is -3.13. The molecule has 1 aliphatic carbocycles. The van der Waals surface area contributed by atoms with Crippen LogP contribution in [0.4, 0.5) is 0 Å². The maximum absolute atomic E-state index is 13.6. The van der Waals surface area contributed by atoms with Crippen LogP contribution in [-0.2, 0) is 13.0 Å². The lowest BCUT2D eigenvalue weighted by molar-refractivity contribution is 0.204. The van der Waals surface area contributed by atoms with E-state index in [2.05, 4.69) is 11.9 Å². The zero-order valence-electron chi connectivity index (χ0n) is 18.3. The summed E-state index contributed by atoms with van der Waals surface area (Å²) in [5, 5.41) is 0.586. The van der Waals surface area contributed by atoms with Crippen molar-refractivity contribution in [3.05, 3.63) is 68.7 Å². The van der Waals surface area contributed by atoms with Crippen molar-refractivity contribution in [1.29, 1.82) is 0 Å². The summed E-state index contributed by atoms with van der Waals surface area (Å²) in [5.74, 6) is 1.78. The van der Waals surface area contributed by atoms with Gasteiger partial charge < -0.3 is 9.15 Å². The third-order valence-electron chi connectivity index (χ3n) is 6.38. The van der Waals surface area contributed by atoms with Crippen LogP contribution in [0, 0.1) is 12.8 Å². The van der Waals surface area contributed by atoms with Crippen LogP contribution < -0.4 is 16.0 Å². The fourth-order valence-corrected chi connectivity index (χ4v) is 5.89. The summed E-state index contributed by atoms with van der Waals surface area (Å²) in [5.41, 5.74) is 1.38. The average molecular weight is 452 g/mol. The molecule has 0 bridgehead atoms. The van der Waals surface area contributed by atoms with Gasteiger partial charge in [-0.3, -0.25) is 13.9 Å². The van der Waals surface area contributed by atoms with Gasteiger partial charge >= 0.3 is 5.69 Å². The van der Waals surface area contributed by atoms with Gasteiger partial charge in [-0.15, -0.1) is 11.3 Å². The summed E-state index contributed by atoms with van der Waals surface area (Å²) in [6.45, 7) is 4.50. The highest BCUT2D eigenvalue weighted by Crippen LogP contribution is 2.38. The second-order valence-corrected chi connectivity index (χ2v) is 9.47. The number of para-hydroxylation sites is 1. The minimum absolute atomic E-state index is 0.0450. The summed E-state index contributed by atoms with van der Waals surface area (Å²) >= 11 is 1.39. The molecule has 0 radical (unpaired) electrons. The van der Waals surface area contributed by atoms with Gasteiger partial charge in [0.2, 0.25) is 5.89 Å². The number of aryl methyl sites for hydroxylation is 3. The molecule has 0 aliphatic heterocycles. The molecular formula is C24H25N3O4S. The van der Waals surface area contributed by atoms with E-state index in [4.69, 9.17) is 9.15 Å². The molecule has 0 atom stereocenters. The number of methoxy groups -OCH3 is 1. The minimum Gasteiger partial charge on any atom is -0.496 e. The highest BCUT2D eigenvalue weighted by Gasteiger charge is 2.32. The lowest BCUT2D eigenvalue weighted by Gasteiger charge is -2.33. The molecule has 1 aromatic carbocycles. The number of ether oxygens (including phenoxy) is 1. The molecule has 4 aromatic rings. The highest BCUT2D eigenvalue weighted by atomic mass is 32.1. The van der Waals surface area contributed by atoms with Crippen LogP contribution in [0.3, 0.4) is 0 Å². The Morgan fingerprint density at radius 2 is 2.03 bits per heavy atom. The van der Waals surface area contributed by atoms with E-state index in [-0.39, 0.29) is 17.3 Å². The Balaban J connectivity index is 1.68. The average Bonchev–Trinajstić information content (AvgIpc) is 3.41. The van der Waals surface area contributed by atoms with Crippen LogP contribution in [0.5, 0.6) is 5.75 Å². The molecule has 7 nitrogen and oxygen atoms in total. The van der Waals surface area contributed by atoms with Gasteiger partial charge in [-0.05, 0) is 49.3 Å². The number of thiophene rings is 1. The smallest absolute Gasteiger partial charge is 0.332 e. The number of rotatable bonds is 6. The fraction of sp³-hybridized carbons (Fsp3) is 0.375. The predicted octanol–water partition coefficient (Wildman–Crippen LogP) is 4.41. The summed E-state index contributed by atoms with van der Waals surface area (Å²) < 4.78 is 14.2. The molecule has 0 N–H and O–H groups in total. The van der Waals surface area contributed by atoms with Gasteiger partial charge in [0.1, 0.15) is 16.8 Å². The number of nitrogens with zero attached hydrogens (tertiary/aromatic N) is 3. The van der Waals surface area contributed by atoms with Crippen molar-refractivity contribution < 1.29 is 9.15 Å². The topological polar surface area (TPSA) is 79.3 Å². The molecule has 1 fully saturated rings. The van der Waals surface area contributed by atoms with Crippen molar-refractivity contribution in [3.8, 4) is 16.5 Å². The van der Waals surface area contributed by atoms with Gasteiger partial charge in [-0.2, -0.15) is 0 Å². The first-order valence-corrected chi connectivity index (χ1v) is 11.6. The number of fused-ring (bicyclic) bond motifs is 1. The molecule has 3 heterocycles. The second-order valence-electron chi connectivity index (χ2n) is 8.48. The van der Waals surface area contributed by atoms with Gasteiger partial charge in [-0.25, -0.2) is 9.78 Å². The van der Waals surface area contributed by atoms with Gasteiger partial charge in [0.05, 0.1) is 23.6 Å². The monoisotopic (exact) mass is 451 g/mol. The van der Waals surface area contributed by atoms with E-state index in [1.54, 1.807) is 17.9 Å². The normalized spacial score (nSPS) is 18.1. The Labute approximate surface area is 188 Å². The predicted molar refractivity (Wildman–Crippen MR) is 125 cm³/mol. The van der Waals surface area contributed by atoms with E-state index in [1.807, 2.05) is 31.2 Å². The fourth-order valence-electron chi connectivity index (χ4n) is 4.64. The zero-order chi connectivity index (χ0) is 22.4. The molecule has 5 rings (SSSR count). The second kappa shape index (κ2) is 8.09. The van der Waals surface area contributed by atoms with Gasteiger partial charge in [-0.1, -0.05) is 25.1 Å². The van der Waals surface area contributed by atoms with Crippen molar-refractivity contribution in [2.45, 2.75) is 45.7 Å². The van der Waals surface area contributed by atoms with E-state index >= 15 is 0 Å². The molecule has 1 aliphatic rings. The lowest BCUT2D eigenvalue weighted by Crippen LogP contribution is -2.45. The van der Waals surface area contributed by atoms with Crippen LogP contribution >= 0.6 is 11.3 Å². The summed E-state index contributed by atoms with van der Waals surface area (Å²) in [6.07, 6.45) is 5.42. The van der Waals surface area contributed by atoms with Gasteiger partial charge in [0.25, 0.3) is 5.56 Å². The lowest BCUT2D eigenvalue weighted by atomic mass is 9.81. The third kappa shape index (κ3) is 3.30. The van der Waals surface area contributed by atoms with Crippen molar-refractivity contribution in [2.24, 2.45) is 5.92 Å². The minimum atomic E-state index is -0.241. The highest BCUT2D eigenvalue weighted by molar-refractivity contribution is 7.22. The molecule has 0 saturated heterocycles. The number of aromatic nitrogens is 3. The Kier molecular flexibility index (Phi) is 5.25. The van der Waals surface area contributed by atoms with Crippen molar-refractivity contribution in [1.82, 2.24) is 14.1 Å². The van der Waals surface area contributed by atoms with E-state index in [0.29, 0.717) is 35.0 Å². The molecule has 0 spiro atoms. The quantitative estimate of drug-likeness (QED) is 0.434. The SMILES string of the molecule is COc1ccccc1CCn1c(=O)n(C2CC(C)C2)c(=O)c2c(C)c(-c3ncco3)sc21. The van der Waals surface area contributed by atoms with Gasteiger partial charge in [0.15, 0.2) is 0 Å². The first-order valence-electron chi connectivity index (χ1n) is 10.8. The Morgan fingerprint density at radius 3 is 2.72 bits per heavy atom. The third-order valence-corrected chi connectivity index (χ3v) is 7.68. The molecular weight excluding hydrogens is 426 g/mol. The van der Waals surface area contributed by atoms with E-state index in [9.17, 15) is 9.59 Å². The maximum Gasteiger partial charge on any atom is 0.332 e. The standard InChI is InChI=1S/C24H25N3O4S/c1-14-12-17(13-14)27-22(28)19-15(2)20(21-25-9-11-31-21)32-23(19)26(24(27)29)10-8-16-6-4-5-7-18(16)30-3/h4-7,9,11,14,17H,8,10,12-13H2,1-3H3. The van der Waals surface area contributed by atoms with Crippen molar-refractivity contribution in [3.63, 3.8) is 0 Å². The maximum atomic E-state index is 13.6. The summed E-state index contributed by atoms with van der Waals surface area (Å²) in [6, 6.07) is 7.76. The Morgan fingerprint density at radius 1 is 1.25 bits per heavy atom. The molecule has 0 unspecified atom stereocenters. The molecule has 166 valence electrons.